The van der Waals surface area contributed by atoms with Gasteiger partial charge in [0.15, 0.2) is 0 Å². The number of nitrogens with zero attached hydrogens (tertiary/aromatic N) is 1. The molecule has 1 aliphatic rings. The molecule has 1 aliphatic heterocycles. The molecule has 0 saturated carbocycles. The number of ether oxygens (including phenoxy) is 1. The molecule has 0 radical (unpaired) electrons. The number of hydrogen-bond acceptors (Lipinski definition) is 5. The van der Waals surface area contributed by atoms with Crippen LogP contribution in [-0.2, 0) is 19.0 Å². The molecule has 5 nitrogen and oxygen atoms in total. The molecule has 0 aromatic heterocycles. The number of hydrogen-bond donors (Lipinski definition) is 0. The van der Waals surface area contributed by atoms with E-state index < -0.39 is 10.1 Å². The van der Waals surface area contributed by atoms with Gasteiger partial charge in [-0.1, -0.05) is 17.7 Å². The summed E-state index contributed by atoms with van der Waals surface area (Å²) >= 11 is 0. The minimum absolute atomic E-state index is 0.216. The van der Waals surface area contributed by atoms with Gasteiger partial charge in [0.25, 0.3) is 10.1 Å². The zero-order chi connectivity index (χ0) is 14.4. The van der Waals surface area contributed by atoms with Gasteiger partial charge in [0, 0.05) is 19.6 Å². The third kappa shape index (κ3) is 4.56. The van der Waals surface area contributed by atoms with Gasteiger partial charge in [0.05, 0.1) is 24.7 Å². The second-order valence-corrected chi connectivity index (χ2v) is 6.51. The molecule has 6 heteroatoms. The van der Waals surface area contributed by atoms with Crippen molar-refractivity contribution in [2.45, 2.75) is 18.2 Å². The maximum absolute atomic E-state index is 11.9. The molecule has 0 amide bonds. The molecule has 20 heavy (non-hydrogen) atoms. The van der Waals surface area contributed by atoms with Gasteiger partial charge in [-0.15, -0.1) is 0 Å². The first-order chi connectivity index (χ1) is 9.58. The standard InChI is InChI=1S/C14H21NO4S/c1-13-3-5-14(6-4-13)20(16,17)19-10-2-7-15-8-11-18-12-9-15/h3-6H,2,7-12H2,1H3. The van der Waals surface area contributed by atoms with Crippen LogP contribution >= 0.6 is 0 Å². The Hall–Kier alpha value is -0.950. The third-order valence-electron chi connectivity index (χ3n) is 3.27. The van der Waals surface area contributed by atoms with Crippen LogP contribution in [0.4, 0.5) is 0 Å². The Bertz CT molecular complexity index is 506. The van der Waals surface area contributed by atoms with E-state index >= 15 is 0 Å². The molecule has 0 bridgehead atoms. The average molecular weight is 299 g/mol. The summed E-state index contributed by atoms with van der Waals surface area (Å²) < 4.78 is 34.2. The van der Waals surface area contributed by atoms with Crippen LogP contribution in [0.15, 0.2) is 29.2 Å². The molecule has 0 unspecified atom stereocenters. The molecule has 1 aromatic carbocycles. The molecular formula is C14H21NO4S. The van der Waals surface area contributed by atoms with Crippen molar-refractivity contribution in [1.82, 2.24) is 4.90 Å². The monoisotopic (exact) mass is 299 g/mol. The van der Waals surface area contributed by atoms with Crippen molar-refractivity contribution in [3.05, 3.63) is 29.8 Å². The van der Waals surface area contributed by atoms with Gasteiger partial charge in [-0.05, 0) is 25.5 Å². The number of rotatable bonds is 6. The Morgan fingerprint density at radius 1 is 1.20 bits per heavy atom. The number of aryl methyl sites for hydroxylation is 1. The highest BCUT2D eigenvalue weighted by Crippen LogP contribution is 2.13. The average Bonchev–Trinajstić information content (AvgIpc) is 2.45. The molecule has 0 N–H and O–H groups in total. The van der Waals surface area contributed by atoms with E-state index in [2.05, 4.69) is 4.90 Å². The second-order valence-electron chi connectivity index (χ2n) is 4.90. The topological polar surface area (TPSA) is 55.8 Å². The fraction of sp³-hybridized carbons (Fsp3) is 0.571. The lowest BCUT2D eigenvalue weighted by molar-refractivity contribution is 0.0359. The summed E-state index contributed by atoms with van der Waals surface area (Å²) in [5.74, 6) is 0. The smallest absolute Gasteiger partial charge is 0.296 e. The summed E-state index contributed by atoms with van der Waals surface area (Å²) in [5.41, 5.74) is 1.02. The quantitative estimate of drug-likeness (QED) is 0.587. The fourth-order valence-corrected chi connectivity index (χ4v) is 3.00. The van der Waals surface area contributed by atoms with Crippen LogP contribution in [0.1, 0.15) is 12.0 Å². The van der Waals surface area contributed by atoms with Crippen molar-refractivity contribution in [2.75, 3.05) is 39.5 Å². The Balaban J connectivity index is 1.76. The van der Waals surface area contributed by atoms with E-state index in [4.69, 9.17) is 8.92 Å². The van der Waals surface area contributed by atoms with Crippen molar-refractivity contribution in [3.8, 4) is 0 Å². The molecule has 1 heterocycles. The van der Waals surface area contributed by atoms with E-state index in [0.717, 1.165) is 38.4 Å². The van der Waals surface area contributed by atoms with Crippen molar-refractivity contribution in [1.29, 1.82) is 0 Å². The van der Waals surface area contributed by atoms with E-state index in [0.29, 0.717) is 6.42 Å². The second kappa shape index (κ2) is 7.17. The largest absolute Gasteiger partial charge is 0.379 e. The summed E-state index contributed by atoms with van der Waals surface area (Å²) in [4.78, 5) is 2.47. The Labute approximate surface area is 120 Å². The highest BCUT2D eigenvalue weighted by Gasteiger charge is 2.15. The first-order valence-corrected chi connectivity index (χ1v) is 8.25. The van der Waals surface area contributed by atoms with Gasteiger partial charge >= 0.3 is 0 Å². The predicted molar refractivity (Wildman–Crippen MR) is 76.2 cm³/mol. The van der Waals surface area contributed by atoms with Gasteiger partial charge in [0.1, 0.15) is 0 Å². The van der Waals surface area contributed by atoms with E-state index in [1.54, 1.807) is 24.3 Å². The molecule has 1 saturated heterocycles. The Morgan fingerprint density at radius 3 is 2.50 bits per heavy atom. The Morgan fingerprint density at radius 2 is 1.85 bits per heavy atom. The molecule has 1 aromatic rings. The van der Waals surface area contributed by atoms with Crippen LogP contribution in [0.25, 0.3) is 0 Å². The molecule has 1 fully saturated rings. The predicted octanol–water partition coefficient (Wildman–Crippen LogP) is 1.42. The molecule has 112 valence electrons. The summed E-state index contributed by atoms with van der Waals surface area (Å²) in [7, 11) is -3.62. The zero-order valence-corrected chi connectivity index (χ0v) is 12.6. The van der Waals surface area contributed by atoms with Gasteiger partial charge in [0.2, 0.25) is 0 Å². The van der Waals surface area contributed by atoms with Crippen LogP contribution in [0.5, 0.6) is 0 Å². The molecule has 2 rings (SSSR count). The zero-order valence-electron chi connectivity index (χ0n) is 11.7. The van der Waals surface area contributed by atoms with Crippen molar-refractivity contribution in [2.24, 2.45) is 0 Å². The summed E-state index contributed by atoms with van der Waals surface area (Å²) in [6.07, 6.45) is 0.699. The molecule has 0 spiro atoms. The van der Waals surface area contributed by atoms with E-state index in [1.165, 1.54) is 0 Å². The Kier molecular flexibility index (Phi) is 5.54. The summed E-state index contributed by atoms with van der Waals surface area (Å²) in [5, 5.41) is 0. The van der Waals surface area contributed by atoms with Crippen molar-refractivity contribution >= 4 is 10.1 Å². The van der Waals surface area contributed by atoms with E-state index in [-0.39, 0.29) is 11.5 Å². The highest BCUT2D eigenvalue weighted by atomic mass is 32.2. The fourth-order valence-electron chi connectivity index (χ4n) is 2.05. The van der Waals surface area contributed by atoms with Crippen LogP contribution < -0.4 is 0 Å². The molecule has 0 aliphatic carbocycles. The van der Waals surface area contributed by atoms with E-state index in [1.807, 2.05) is 6.92 Å². The van der Waals surface area contributed by atoms with E-state index in [9.17, 15) is 8.42 Å². The van der Waals surface area contributed by atoms with Gasteiger partial charge in [-0.2, -0.15) is 8.42 Å². The number of benzene rings is 1. The molecular weight excluding hydrogens is 278 g/mol. The lowest BCUT2D eigenvalue weighted by Crippen LogP contribution is -2.37. The van der Waals surface area contributed by atoms with Crippen molar-refractivity contribution in [3.63, 3.8) is 0 Å². The first-order valence-electron chi connectivity index (χ1n) is 6.84. The summed E-state index contributed by atoms with van der Waals surface area (Å²) in [6, 6.07) is 6.69. The number of morpholine rings is 1. The SMILES string of the molecule is Cc1ccc(S(=O)(=O)OCCCN2CCOCC2)cc1. The summed E-state index contributed by atoms with van der Waals surface area (Å²) in [6.45, 7) is 6.29. The lowest BCUT2D eigenvalue weighted by Gasteiger charge is -2.26. The van der Waals surface area contributed by atoms with Gasteiger partial charge in [-0.3, -0.25) is 9.08 Å². The van der Waals surface area contributed by atoms with Crippen LogP contribution in [0, 0.1) is 6.92 Å². The maximum Gasteiger partial charge on any atom is 0.296 e. The lowest BCUT2D eigenvalue weighted by atomic mass is 10.2. The third-order valence-corrected chi connectivity index (χ3v) is 4.60. The normalized spacial score (nSPS) is 17.2. The van der Waals surface area contributed by atoms with Gasteiger partial charge < -0.3 is 4.74 Å². The van der Waals surface area contributed by atoms with Crippen LogP contribution in [-0.4, -0.2) is 52.8 Å². The van der Waals surface area contributed by atoms with Crippen molar-refractivity contribution < 1.29 is 17.3 Å². The van der Waals surface area contributed by atoms with Gasteiger partial charge in [-0.25, -0.2) is 0 Å². The minimum Gasteiger partial charge on any atom is -0.379 e. The van der Waals surface area contributed by atoms with Crippen LogP contribution in [0.2, 0.25) is 0 Å². The first kappa shape index (κ1) is 15.4. The molecule has 0 atom stereocenters. The highest BCUT2D eigenvalue weighted by molar-refractivity contribution is 7.86. The maximum atomic E-state index is 11.9. The minimum atomic E-state index is -3.62. The van der Waals surface area contributed by atoms with Crippen LogP contribution in [0.3, 0.4) is 0 Å².